The van der Waals surface area contributed by atoms with Crippen molar-refractivity contribution in [2.75, 3.05) is 26.2 Å². The van der Waals surface area contributed by atoms with Crippen LogP contribution in [0.2, 0.25) is 0 Å². The third-order valence-corrected chi connectivity index (χ3v) is 4.90. The van der Waals surface area contributed by atoms with E-state index in [9.17, 15) is 0 Å². The van der Waals surface area contributed by atoms with Gasteiger partial charge in [-0.2, -0.15) is 0 Å². The van der Waals surface area contributed by atoms with E-state index in [1.807, 2.05) is 0 Å². The van der Waals surface area contributed by atoms with E-state index in [0.29, 0.717) is 5.41 Å². The number of hydrogen-bond donors (Lipinski definition) is 1. The van der Waals surface area contributed by atoms with Gasteiger partial charge in [-0.1, -0.05) is 36.8 Å². The maximum atomic E-state index is 3.52. The molecule has 2 heterocycles. The molecule has 0 unspecified atom stereocenters. The molecule has 0 bridgehead atoms. The van der Waals surface area contributed by atoms with E-state index in [1.54, 1.807) is 0 Å². The SMILES string of the molecule is c1ccc(CN2CCCCC3(CCNCC3)C2)cc1. The van der Waals surface area contributed by atoms with E-state index < -0.39 is 0 Å². The summed E-state index contributed by atoms with van der Waals surface area (Å²) in [6, 6.07) is 11.0. The highest BCUT2D eigenvalue weighted by Crippen LogP contribution is 2.37. The first-order chi connectivity index (χ1) is 9.36. The summed E-state index contributed by atoms with van der Waals surface area (Å²) >= 11 is 0. The predicted octanol–water partition coefficient (Wildman–Crippen LogP) is 3.04. The van der Waals surface area contributed by atoms with Crippen LogP contribution >= 0.6 is 0 Å². The molecule has 2 aliphatic heterocycles. The highest BCUT2D eigenvalue weighted by atomic mass is 15.1. The van der Waals surface area contributed by atoms with Gasteiger partial charge in [0.25, 0.3) is 0 Å². The van der Waals surface area contributed by atoms with Gasteiger partial charge in [-0.05, 0) is 56.3 Å². The number of hydrogen-bond acceptors (Lipinski definition) is 2. The van der Waals surface area contributed by atoms with Crippen LogP contribution in [-0.4, -0.2) is 31.1 Å². The summed E-state index contributed by atoms with van der Waals surface area (Å²) in [5, 5.41) is 3.52. The Kier molecular flexibility index (Phi) is 4.19. The van der Waals surface area contributed by atoms with Gasteiger partial charge in [0.2, 0.25) is 0 Å². The minimum Gasteiger partial charge on any atom is -0.317 e. The van der Waals surface area contributed by atoms with Crippen LogP contribution in [0.4, 0.5) is 0 Å². The lowest BCUT2D eigenvalue weighted by Gasteiger charge is -2.39. The number of rotatable bonds is 2. The van der Waals surface area contributed by atoms with Gasteiger partial charge in [0.1, 0.15) is 0 Å². The molecule has 0 saturated carbocycles. The third-order valence-electron chi connectivity index (χ3n) is 4.90. The van der Waals surface area contributed by atoms with Crippen LogP contribution in [0.15, 0.2) is 30.3 Å². The van der Waals surface area contributed by atoms with E-state index in [1.165, 1.54) is 63.8 Å². The van der Waals surface area contributed by atoms with Crippen molar-refractivity contribution in [1.82, 2.24) is 10.2 Å². The fourth-order valence-electron chi connectivity index (χ4n) is 3.81. The molecule has 0 radical (unpaired) electrons. The molecule has 2 heteroatoms. The fourth-order valence-corrected chi connectivity index (χ4v) is 3.81. The summed E-state index contributed by atoms with van der Waals surface area (Å²) in [6.07, 6.45) is 6.99. The minimum atomic E-state index is 0.608. The van der Waals surface area contributed by atoms with Crippen LogP contribution < -0.4 is 5.32 Å². The van der Waals surface area contributed by atoms with Crippen molar-refractivity contribution in [3.05, 3.63) is 35.9 Å². The van der Waals surface area contributed by atoms with E-state index in [0.717, 1.165) is 6.54 Å². The Bertz CT molecular complexity index is 382. The molecule has 1 N–H and O–H groups in total. The normalized spacial score (nSPS) is 24.2. The highest BCUT2D eigenvalue weighted by molar-refractivity contribution is 5.14. The van der Waals surface area contributed by atoms with Crippen molar-refractivity contribution >= 4 is 0 Å². The first-order valence-electron chi connectivity index (χ1n) is 7.83. The molecule has 104 valence electrons. The molecule has 2 saturated heterocycles. The zero-order chi connectivity index (χ0) is 13.0. The van der Waals surface area contributed by atoms with Crippen LogP contribution in [0, 0.1) is 5.41 Å². The number of benzene rings is 1. The highest BCUT2D eigenvalue weighted by Gasteiger charge is 2.34. The van der Waals surface area contributed by atoms with Crippen LogP contribution in [0.1, 0.15) is 37.7 Å². The first-order valence-corrected chi connectivity index (χ1v) is 7.83. The van der Waals surface area contributed by atoms with Crippen molar-refractivity contribution in [3.63, 3.8) is 0 Å². The second kappa shape index (κ2) is 6.06. The summed E-state index contributed by atoms with van der Waals surface area (Å²) in [4.78, 5) is 2.70. The van der Waals surface area contributed by atoms with Crippen LogP contribution in [0.25, 0.3) is 0 Å². The van der Waals surface area contributed by atoms with Gasteiger partial charge in [-0.3, -0.25) is 4.90 Å². The number of nitrogens with one attached hydrogen (secondary N) is 1. The molecule has 2 fully saturated rings. The number of nitrogens with zero attached hydrogens (tertiary/aromatic N) is 1. The Balaban J connectivity index is 1.67. The number of likely N-dealkylation sites (tertiary alicyclic amines) is 1. The van der Waals surface area contributed by atoms with Crippen LogP contribution in [0.3, 0.4) is 0 Å². The monoisotopic (exact) mass is 258 g/mol. The maximum absolute atomic E-state index is 3.52. The van der Waals surface area contributed by atoms with Gasteiger partial charge < -0.3 is 5.32 Å². The minimum absolute atomic E-state index is 0.608. The lowest BCUT2D eigenvalue weighted by atomic mass is 9.75. The molecule has 1 aromatic rings. The fraction of sp³-hybridized carbons (Fsp3) is 0.647. The molecule has 0 aliphatic carbocycles. The molecule has 3 rings (SSSR count). The summed E-state index contributed by atoms with van der Waals surface area (Å²) in [6.45, 7) is 6.17. The zero-order valence-corrected chi connectivity index (χ0v) is 11.9. The van der Waals surface area contributed by atoms with Crippen LogP contribution in [-0.2, 0) is 6.54 Å². The Hall–Kier alpha value is -0.860. The molecule has 2 aliphatic rings. The van der Waals surface area contributed by atoms with Crippen LogP contribution in [0.5, 0.6) is 0 Å². The second-order valence-corrected chi connectivity index (χ2v) is 6.40. The molecule has 0 atom stereocenters. The van der Waals surface area contributed by atoms with Gasteiger partial charge in [0.15, 0.2) is 0 Å². The molecule has 2 nitrogen and oxygen atoms in total. The van der Waals surface area contributed by atoms with Crippen molar-refractivity contribution < 1.29 is 0 Å². The third kappa shape index (κ3) is 3.37. The lowest BCUT2D eigenvalue weighted by molar-refractivity contribution is 0.117. The van der Waals surface area contributed by atoms with Crippen molar-refractivity contribution in [1.29, 1.82) is 0 Å². The average Bonchev–Trinajstić information content (AvgIpc) is 2.63. The Morgan fingerprint density at radius 3 is 2.58 bits per heavy atom. The predicted molar refractivity (Wildman–Crippen MR) is 80.1 cm³/mol. The topological polar surface area (TPSA) is 15.3 Å². The van der Waals surface area contributed by atoms with E-state index in [-0.39, 0.29) is 0 Å². The molecule has 0 aromatic heterocycles. The number of piperidine rings is 1. The molecular formula is C17H26N2. The Labute approximate surface area is 117 Å². The van der Waals surface area contributed by atoms with Gasteiger partial charge in [-0.25, -0.2) is 0 Å². The van der Waals surface area contributed by atoms with E-state index in [2.05, 4.69) is 40.5 Å². The van der Waals surface area contributed by atoms with Crippen molar-refractivity contribution in [2.24, 2.45) is 5.41 Å². The Morgan fingerprint density at radius 1 is 1.00 bits per heavy atom. The molecule has 0 amide bonds. The van der Waals surface area contributed by atoms with Gasteiger partial charge in [0, 0.05) is 13.1 Å². The second-order valence-electron chi connectivity index (χ2n) is 6.40. The molecule has 1 aromatic carbocycles. The zero-order valence-electron chi connectivity index (χ0n) is 11.9. The smallest absolute Gasteiger partial charge is 0.0233 e. The maximum Gasteiger partial charge on any atom is 0.0233 e. The van der Waals surface area contributed by atoms with E-state index in [4.69, 9.17) is 0 Å². The molecular weight excluding hydrogens is 232 g/mol. The van der Waals surface area contributed by atoms with Crippen molar-refractivity contribution in [3.8, 4) is 0 Å². The first kappa shape index (κ1) is 13.1. The summed E-state index contributed by atoms with van der Waals surface area (Å²) in [5.41, 5.74) is 2.07. The standard InChI is InChI=1S/C17H26N2/c1-2-6-16(7-3-1)14-19-13-5-4-8-17(15-19)9-11-18-12-10-17/h1-3,6-7,18H,4-5,8-15H2. The quantitative estimate of drug-likeness (QED) is 0.877. The summed E-state index contributed by atoms with van der Waals surface area (Å²) in [5.74, 6) is 0. The molecule has 19 heavy (non-hydrogen) atoms. The Morgan fingerprint density at radius 2 is 1.79 bits per heavy atom. The van der Waals surface area contributed by atoms with E-state index >= 15 is 0 Å². The van der Waals surface area contributed by atoms with Gasteiger partial charge in [0.05, 0.1) is 0 Å². The van der Waals surface area contributed by atoms with Crippen molar-refractivity contribution in [2.45, 2.75) is 38.6 Å². The molecule has 1 spiro atoms. The van der Waals surface area contributed by atoms with Gasteiger partial charge >= 0.3 is 0 Å². The van der Waals surface area contributed by atoms with Gasteiger partial charge in [-0.15, -0.1) is 0 Å². The summed E-state index contributed by atoms with van der Waals surface area (Å²) < 4.78 is 0. The largest absolute Gasteiger partial charge is 0.317 e. The lowest BCUT2D eigenvalue weighted by Crippen LogP contribution is -2.43. The average molecular weight is 258 g/mol. The summed E-state index contributed by atoms with van der Waals surface area (Å²) in [7, 11) is 0.